The van der Waals surface area contributed by atoms with Gasteiger partial charge in [0.25, 0.3) is 0 Å². The van der Waals surface area contributed by atoms with E-state index in [2.05, 4.69) is 4.99 Å². The van der Waals surface area contributed by atoms with E-state index in [0.29, 0.717) is 6.54 Å². The number of carbonyl (C=O) groups excluding carboxylic acids is 1. The van der Waals surface area contributed by atoms with E-state index in [1.54, 1.807) is 0 Å². The Bertz CT molecular complexity index is 94.7. The average Bonchev–Trinajstić information content (AvgIpc) is 1.83. The van der Waals surface area contributed by atoms with Crippen molar-refractivity contribution in [3.8, 4) is 0 Å². The standard InChI is InChI=1S/C6H10NO/c1-3-6(2)4-7-5-8/h3-4H2,1-2H3. The molecule has 0 saturated heterocycles. The zero-order valence-electron chi connectivity index (χ0n) is 5.27. The molecule has 0 fully saturated rings. The van der Waals surface area contributed by atoms with Gasteiger partial charge in [0.1, 0.15) is 0 Å². The number of isocyanates is 1. The van der Waals surface area contributed by atoms with Crippen LogP contribution in [-0.4, -0.2) is 12.6 Å². The highest BCUT2D eigenvalue weighted by molar-refractivity contribution is 5.33. The first kappa shape index (κ1) is 7.38. The quantitative estimate of drug-likeness (QED) is 0.400. The van der Waals surface area contributed by atoms with Crippen molar-refractivity contribution >= 4 is 6.08 Å². The maximum absolute atomic E-state index is 9.52. The van der Waals surface area contributed by atoms with Crippen molar-refractivity contribution in [2.45, 2.75) is 20.3 Å². The van der Waals surface area contributed by atoms with Crippen LogP contribution in [0.2, 0.25) is 0 Å². The molecule has 0 spiro atoms. The van der Waals surface area contributed by atoms with Crippen molar-refractivity contribution < 1.29 is 4.79 Å². The summed E-state index contributed by atoms with van der Waals surface area (Å²) in [7, 11) is 0. The molecule has 0 aromatic heterocycles. The predicted molar refractivity (Wildman–Crippen MR) is 32.2 cm³/mol. The third-order valence-electron chi connectivity index (χ3n) is 1.02. The molecule has 45 valence electrons. The third kappa shape index (κ3) is 3.57. The van der Waals surface area contributed by atoms with Crippen LogP contribution in [0, 0.1) is 5.92 Å². The largest absolute Gasteiger partial charge is 0.234 e. The van der Waals surface area contributed by atoms with Crippen LogP contribution in [0.3, 0.4) is 0 Å². The Labute approximate surface area is 49.6 Å². The minimum Gasteiger partial charge on any atom is -0.211 e. The van der Waals surface area contributed by atoms with E-state index in [1.165, 1.54) is 12.0 Å². The molecule has 0 heterocycles. The van der Waals surface area contributed by atoms with Gasteiger partial charge in [-0.3, -0.25) is 0 Å². The second kappa shape index (κ2) is 4.54. The lowest BCUT2D eigenvalue weighted by Gasteiger charge is -1.97. The van der Waals surface area contributed by atoms with Gasteiger partial charge in [0.2, 0.25) is 6.08 Å². The zero-order chi connectivity index (χ0) is 6.41. The van der Waals surface area contributed by atoms with E-state index in [0.717, 1.165) is 6.42 Å². The van der Waals surface area contributed by atoms with E-state index in [9.17, 15) is 4.79 Å². The first-order valence-electron chi connectivity index (χ1n) is 2.66. The summed E-state index contributed by atoms with van der Waals surface area (Å²) < 4.78 is 0. The van der Waals surface area contributed by atoms with Crippen LogP contribution in [-0.2, 0) is 4.79 Å². The van der Waals surface area contributed by atoms with Gasteiger partial charge in [-0.25, -0.2) is 9.79 Å². The lowest BCUT2D eigenvalue weighted by molar-refractivity contribution is 0.562. The number of rotatable bonds is 3. The van der Waals surface area contributed by atoms with Crippen molar-refractivity contribution in [3.05, 3.63) is 5.92 Å². The van der Waals surface area contributed by atoms with Crippen LogP contribution < -0.4 is 0 Å². The smallest absolute Gasteiger partial charge is 0.211 e. The number of nitrogens with zero attached hydrogens (tertiary/aromatic N) is 1. The summed E-state index contributed by atoms with van der Waals surface area (Å²) >= 11 is 0. The highest BCUT2D eigenvalue weighted by Crippen LogP contribution is 2.01. The highest BCUT2D eigenvalue weighted by Gasteiger charge is 1.94. The van der Waals surface area contributed by atoms with E-state index in [1.807, 2.05) is 13.8 Å². The van der Waals surface area contributed by atoms with E-state index < -0.39 is 0 Å². The fourth-order valence-electron chi connectivity index (χ4n) is 0.279. The third-order valence-corrected chi connectivity index (χ3v) is 1.02. The molecule has 0 aliphatic carbocycles. The van der Waals surface area contributed by atoms with Gasteiger partial charge in [0, 0.05) is 0 Å². The maximum Gasteiger partial charge on any atom is 0.234 e. The lowest BCUT2D eigenvalue weighted by atomic mass is 10.1. The first-order valence-corrected chi connectivity index (χ1v) is 2.66. The highest BCUT2D eigenvalue weighted by atomic mass is 16.1. The molecule has 2 heteroatoms. The Morgan fingerprint density at radius 3 is 2.75 bits per heavy atom. The van der Waals surface area contributed by atoms with E-state index >= 15 is 0 Å². The molecule has 8 heavy (non-hydrogen) atoms. The average molecular weight is 112 g/mol. The molecule has 2 nitrogen and oxygen atoms in total. The summed E-state index contributed by atoms with van der Waals surface area (Å²) in [5.74, 6) is 1.22. The van der Waals surface area contributed by atoms with Crippen molar-refractivity contribution in [2.24, 2.45) is 4.99 Å². The fourth-order valence-corrected chi connectivity index (χ4v) is 0.279. The van der Waals surface area contributed by atoms with Gasteiger partial charge >= 0.3 is 0 Å². The van der Waals surface area contributed by atoms with Gasteiger partial charge in [0.05, 0.1) is 6.54 Å². The van der Waals surface area contributed by atoms with Gasteiger partial charge in [-0.05, 0) is 12.3 Å². The van der Waals surface area contributed by atoms with E-state index in [-0.39, 0.29) is 0 Å². The minimum atomic E-state index is 0.542. The maximum atomic E-state index is 9.52. The van der Waals surface area contributed by atoms with Gasteiger partial charge in [-0.1, -0.05) is 13.8 Å². The second-order valence-electron chi connectivity index (χ2n) is 1.72. The summed E-state index contributed by atoms with van der Waals surface area (Å²) in [6, 6.07) is 0. The Hall–Kier alpha value is -0.620. The van der Waals surface area contributed by atoms with Gasteiger partial charge in [-0.2, -0.15) is 0 Å². The van der Waals surface area contributed by atoms with Crippen LogP contribution in [0.4, 0.5) is 0 Å². The number of hydrogen-bond acceptors (Lipinski definition) is 2. The Balaban J connectivity index is 3.23. The molecule has 0 unspecified atom stereocenters. The zero-order valence-corrected chi connectivity index (χ0v) is 5.27. The summed E-state index contributed by atoms with van der Waals surface area (Å²) in [6.07, 6.45) is 2.48. The van der Waals surface area contributed by atoms with Crippen molar-refractivity contribution in [2.75, 3.05) is 6.54 Å². The molecule has 0 atom stereocenters. The van der Waals surface area contributed by atoms with Gasteiger partial charge in [0.15, 0.2) is 0 Å². The Morgan fingerprint density at radius 2 is 2.38 bits per heavy atom. The monoisotopic (exact) mass is 112 g/mol. The minimum absolute atomic E-state index is 0.542. The molecule has 1 radical (unpaired) electrons. The first-order chi connectivity index (χ1) is 3.81. The molecular formula is C6H10NO. The van der Waals surface area contributed by atoms with Crippen molar-refractivity contribution in [1.82, 2.24) is 0 Å². The number of hydrogen-bond donors (Lipinski definition) is 0. The predicted octanol–water partition coefficient (Wildman–Crippen LogP) is 1.33. The Morgan fingerprint density at radius 1 is 1.75 bits per heavy atom. The normalized spacial score (nSPS) is 8.88. The SMILES string of the molecule is CC[C](C)CN=C=O. The molecule has 0 aromatic rings. The molecule has 0 aromatic carbocycles. The summed E-state index contributed by atoms with van der Waals surface area (Å²) in [6.45, 7) is 4.55. The molecule has 0 amide bonds. The fraction of sp³-hybridized carbons (Fsp3) is 0.667. The lowest BCUT2D eigenvalue weighted by Crippen LogP contribution is -1.92. The molecule has 0 bridgehead atoms. The Kier molecular flexibility index (Phi) is 4.19. The van der Waals surface area contributed by atoms with Crippen LogP contribution in [0.15, 0.2) is 4.99 Å². The van der Waals surface area contributed by atoms with E-state index in [4.69, 9.17) is 0 Å². The topological polar surface area (TPSA) is 29.4 Å². The van der Waals surface area contributed by atoms with Crippen LogP contribution in [0.25, 0.3) is 0 Å². The second-order valence-corrected chi connectivity index (χ2v) is 1.72. The molecule has 0 N–H and O–H groups in total. The van der Waals surface area contributed by atoms with Crippen LogP contribution in [0.5, 0.6) is 0 Å². The molecule has 0 aliphatic heterocycles. The van der Waals surface area contributed by atoms with Crippen LogP contribution >= 0.6 is 0 Å². The molecule has 0 saturated carbocycles. The summed E-state index contributed by atoms with van der Waals surface area (Å²) in [5, 5.41) is 0. The summed E-state index contributed by atoms with van der Waals surface area (Å²) in [4.78, 5) is 12.9. The number of aliphatic imine (C=N–C) groups is 1. The van der Waals surface area contributed by atoms with Crippen molar-refractivity contribution in [1.29, 1.82) is 0 Å². The van der Waals surface area contributed by atoms with Crippen molar-refractivity contribution in [3.63, 3.8) is 0 Å². The molecule has 0 aliphatic rings. The molecule has 0 rings (SSSR count). The van der Waals surface area contributed by atoms with Gasteiger partial charge < -0.3 is 0 Å². The summed E-state index contributed by atoms with van der Waals surface area (Å²) in [5.41, 5.74) is 0. The molecular weight excluding hydrogens is 102 g/mol. The van der Waals surface area contributed by atoms with Crippen LogP contribution in [0.1, 0.15) is 20.3 Å². The van der Waals surface area contributed by atoms with Gasteiger partial charge in [-0.15, -0.1) is 0 Å².